The average molecular weight is 255 g/mol. The lowest BCUT2D eigenvalue weighted by molar-refractivity contribution is 0.0742. The fourth-order valence-electron chi connectivity index (χ4n) is 1.81. The topological polar surface area (TPSA) is 77.0 Å². The van der Waals surface area contributed by atoms with E-state index in [1.165, 1.54) is 0 Å². The van der Waals surface area contributed by atoms with Crippen LogP contribution in [0.1, 0.15) is 16.9 Å². The van der Waals surface area contributed by atoms with Crippen LogP contribution in [0.4, 0.5) is 0 Å². The predicted molar refractivity (Wildman–Crippen MR) is 66.9 cm³/mol. The average Bonchev–Trinajstić information content (AvgIpc) is 2.98. The van der Waals surface area contributed by atoms with E-state index in [1.807, 2.05) is 18.8 Å². The third kappa shape index (κ3) is 2.78. The van der Waals surface area contributed by atoms with E-state index in [1.54, 1.807) is 15.8 Å². The lowest BCUT2D eigenvalue weighted by Crippen LogP contribution is -2.37. The Morgan fingerprint density at radius 1 is 1.76 bits per heavy atom. The maximum atomic E-state index is 12.1. The first kappa shape index (κ1) is 12.4. The molecule has 0 bridgehead atoms. The van der Waals surface area contributed by atoms with E-state index < -0.39 is 0 Å². The van der Waals surface area contributed by atoms with Gasteiger partial charge in [0.25, 0.3) is 5.91 Å². The highest BCUT2D eigenvalue weighted by molar-refractivity contribution is 7.99. The van der Waals surface area contributed by atoms with Crippen molar-refractivity contribution in [2.45, 2.75) is 19.0 Å². The summed E-state index contributed by atoms with van der Waals surface area (Å²) in [6.45, 7) is 1.08. The second-order valence-corrected chi connectivity index (χ2v) is 5.24. The monoisotopic (exact) mass is 255 g/mol. The van der Waals surface area contributed by atoms with Crippen LogP contribution < -0.4 is 5.73 Å². The number of thioether (sulfide) groups is 1. The molecule has 1 aromatic rings. The molecule has 1 atom stereocenters. The Morgan fingerprint density at radius 3 is 3.24 bits per heavy atom. The molecule has 1 aliphatic heterocycles. The van der Waals surface area contributed by atoms with Gasteiger partial charge in [0, 0.05) is 25.4 Å². The molecular weight excluding hydrogens is 238 g/mol. The zero-order chi connectivity index (χ0) is 12.3. The van der Waals surface area contributed by atoms with Gasteiger partial charge in [-0.25, -0.2) is 0 Å². The summed E-state index contributed by atoms with van der Waals surface area (Å²) in [5, 5.41) is 7.76. The second kappa shape index (κ2) is 5.50. The van der Waals surface area contributed by atoms with E-state index in [0.717, 1.165) is 17.9 Å². The first-order valence-electron chi connectivity index (χ1n) is 5.67. The van der Waals surface area contributed by atoms with Gasteiger partial charge in [0.05, 0.1) is 12.7 Å². The first-order valence-corrected chi connectivity index (χ1v) is 6.83. The molecule has 0 saturated carbocycles. The van der Waals surface area contributed by atoms with Crippen molar-refractivity contribution in [3.05, 3.63) is 11.9 Å². The van der Waals surface area contributed by atoms with Crippen LogP contribution in [0.15, 0.2) is 6.20 Å². The minimum atomic E-state index is -0.0548. The van der Waals surface area contributed by atoms with Crippen LogP contribution in [0.5, 0.6) is 0 Å². The lowest BCUT2D eigenvalue weighted by Gasteiger charge is -2.22. The summed E-state index contributed by atoms with van der Waals surface area (Å²) in [5.41, 5.74) is 5.82. The molecule has 0 radical (unpaired) electrons. The van der Waals surface area contributed by atoms with Gasteiger partial charge in [-0.15, -0.1) is 5.10 Å². The number of nitrogens with two attached hydrogens (primary N) is 1. The van der Waals surface area contributed by atoms with Crippen LogP contribution in [-0.2, 0) is 6.54 Å². The van der Waals surface area contributed by atoms with Gasteiger partial charge in [0.15, 0.2) is 5.69 Å². The van der Waals surface area contributed by atoms with Gasteiger partial charge in [-0.3, -0.25) is 9.48 Å². The largest absolute Gasteiger partial charge is 0.336 e. The van der Waals surface area contributed by atoms with Gasteiger partial charge in [0.1, 0.15) is 0 Å². The Bertz CT molecular complexity index is 388. The van der Waals surface area contributed by atoms with Crippen molar-refractivity contribution in [1.82, 2.24) is 19.9 Å². The summed E-state index contributed by atoms with van der Waals surface area (Å²) in [5.74, 6) is 2.09. The molecule has 1 unspecified atom stereocenters. The molecule has 6 nitrogen and oxygen atoms in total. The molecule has 94 valence electrons. The van der Waals surface area contributed by atoms with Gasteiger partial charge in [-0.1, -0.05) is 5.21 Å². The zero-order valence-corrected chi connectivity index (χ0v) is 10.7. The number of hydrogen-bond donors (Lipinski definition) is 1. The fraction of sp³-hybridized carbons (Fsp3) is 0.700. The van der Waals surface area contributed by atoms with Gasteiger partial charge >= 0.3 is 0 Å². The molecule has 2 heterocycles. The Balaban J connectivity index is 2.02. The summed E-state index contributed by atoms with van der Waals surface area (Å²) < 4.78 is 1.60. The second-order valence-electron chi connectivity index (χ2n) is 4.09. The van der Waals surface area contributed by atoms with Crippen molar-refractivity contribution in [1.29, 1.82) is 0 Å². The Hall–Kier alpha value is -1.08. The minimum absolute atomic E-state index is 0.0548. The third-order valence-corrected chi connectivity index (χ3v) is 4.03. The summed E-state index contributed by atoms with van der Waals surface area (Å²) in [4.78, 5) is 13.9. The maximum Gasteiger partial charge on any atom is 0.276 e. The Kier molecular flexibility index (Phi) is 4.01. The quantitative estimate of drug-likeness (QED) is 0.807. The molecular formula is C10H17N5OS. The standard InChI is InChI=1S/C10H17N5OS/c1-14(8-2-5-17-7-8)10(16)9-6-15(4-3-11)13-12-9/h6,8H,2-5,7,11H2,1H3. The van der Waals surface area contributed by atoms with Gasteiger partial charge in [-0.2, -0.15) is 11.8 Å². The SMILES string of the molecule is CN(C(=O)c1cn(CCN)nn1)C1CCSC1. The molecule has 0 aromatic carbocycles. The van der Waals surface area contributed by atoms with Gasteiger partial charge in [-0.05, 0) is 12.2 Å². The summed E-state index contributed by atoms with van der Waals surface area (Å²) in [7, 11) is 1.83. The predicted octanol–water partition coefficient (Wildman–Crippen LogP) is -0.186. The summed E-state index contributed by atoms with van der Waals surface area (Å²) >= 11 is 1.88. The molecule has 1 saturated heterocycles. The van der Waals surface area contributed by atoms with Crippen molar-refractivity contribution in [3.8, 4) is 0 Å². The molecule has 1 aromatic heterocycles. The molecule has 1 aliphatic rings. The number of carbonyl (C=O) groups excluding carboxylic acids is 1. The highest BCUT2D eigenvalue weighted by atomic mass is 32.2. The highest BCUT2D eigenvalue weighted by Gasteiger charge is 2.26. The fourth-order valence-corrected chi connectivity index (χ4v) is 3.08. The number of aromatic nitrogens is 3. The van der Waals surface area contributed by atoms with Crippen molar-refractivity contribution in [3.63, 3.8) is 0 Å². The smallest absolute Gasteiger partial charge is 0.276 e. The minimum Gasteiger partial charge on any atom is -0.336 e. The zero-order valence-electron chi connectivity index (χ0n) is 9.87. The van der Waals surface area contributed by atoms with Crippen LogP contribution in [0.2, 0.25) is 0 Å². The van der Waals surface area contributed by atoms with Gasteiger partial charge < -0.3 is 10.6 Å². The van der Waals surface area contributed by atoms with E-state index in [2.05, 4.69) is 10.3 Å². The van der Waals surface area contributed by atoms with E-state index in [9.17, 15) is 4.79 Å². The van der Waals surface area contributed by atoms with Crippen LogP contribution in [0.3, 0.4) is 0 Å². The number of amides is 1. The van der Waals surface area contributed by atoms with Crippen LogP contribution in [0.25, 0.3) is 0 Å². The molecule has 2 rings (SSSR count). The van der Waals surface area contributed by atoms with E-state index >= 15 is 0 Å². The molecule has 1 amide bonds. The van der Waals surface area contributed by atoms with Crippen molar-refractivity contribution in [2.75, 3.05) is 25.1 Å². The van der Waals surface area contributed by atoms with E-state index in [-0.39, 0.29) is 5.91 Å². The highest BCUT2D eigenvalue weighted by Crippen LogP contribution is 2.22. The molecule has 17 heavy (non-hydrogen) atoms. The Labute approximate surface area is 105 Å². The molecule has 2 N–H and O–H groups in total. The third-order valence-electron chi connectivity index (χ3n) is 2.89. The molecule has 7 heteroatoms. The number of rotatable bonds is 4. The van der Waals surface area contributed by atoms with E-state index in [0.29, 0.717) is 24.8 Å². The number of nitrogens with zero attached hydrogens (tertiary/aromatic N) is 4. The van der Waals surface area contributed by atoms with E-state index in [4.69, 9.17) is 5.73 Å². The summed E-state index contributed by atoms with van der Waals surface area (Å²) in [6.07, 6.45) is 2.72. The number of carbonyl (C=O) groups is 1. The summed E-state index contributed by atoms with van der Waals surface area (Å²) in [6, 6.07) is 0.326. The van der Waals surface area contributed by atoms with Crippen LogP contribution in [-0.4, -0.2) is 56.9 Å². The van der Waals surface area contributed by atoms with Crippen LogP contribution in [0, 0.1) is 0 Å². The van der Waals surface area contributed by atoms with Crippen molar-refractivity contribution >= 4 is 17.7 Å². The molecule has 0 spiro atoms. The van der Waals surface area contributed by atoms with Crippen molar-refractivity contribution < 1.29 is 4.79 Å². The lowest BCUT2D eigenvalue weighted by atomic mass is 10.2. The van der Waals surface area contributed by atoms with Gasteiger partial charge in [0.2, 0.25) is 0 Å². The molecule has 1 fully saturated rings. The van der Waals surface area contributed by atoms with Crippen molar-refractivity contribution in [2.24, 2.45) is 5.73 Å². The molecule has 0 aliphatic carbocycles. The first-order chi connectivity index (χ1) is 8.22. The maximum absolute atomic E-state index is 12.1. The Morgan fingerprint density at radius 2 is 2.59 bits per heavy atom. The van der Waals surface area contributed by atoms with Crippen LogP contribution >= 0.6 is 11.8 Å². The number of hydrogen-bond acceptors (Lipinski definition) is 5. The normalized spacial score (nSPS) is 19.5.